The molecule has 1 aromatic heterocycles. The summed E-state index contributed by atoms with van der Waals surface area (Å²) in [5.41, 5.74) is 9.84. The molecule has 0 saturated carbocycles. The summed E-state index contributed by atoms with van der Waals surface area (Å²) in [6, 6.07) is 12.7. The van der Waals surface area contributed by atoms with Gasteiger partial charge in [0.15, 0.2) is 0 Å². The molecule has 1 aliphatic heterocycles. The Bertz CT molecular complexity index is 538. The minimum Gasteiger partial charge on any atom is -0.348 e. The van der Waals surface area contributed by atoms with E-state index in [4.69, 9.17) is 5.73 Å². The number of nitrogens with two attached hydrogens (primary N) is 1. The lowest BCUT2D eigenvalue weighted by Crippen LogP contribution is -2.16. The van der Waals surface area contributed by atoms with E-state index >= 15 is 0 Å². The predicted octanol–water partition coefficient (Wildman–Crippen LogP) is 2.62. The van der Waals surface area contributed by atoms with Gasteiger partial charge in [-0.3, -0.25) is 0 Å². The highest BCUT2D eigenvalue weighted by Gasteiger charge is 2.19. The van der Waals surface area contributed by atoms with Crippen LogP contribution < -0.4 is 10.6 Å². The molecule has 3 rings (SSSR count). The van der Waals surface area contributed by atoms with Crippen molar-refractivity contribution in [2.75, 3.05) is 4.90 Å². The van der Waals surface area contributed by atoms with Crippen LogP contribution in [0.5, 0.6) is 0 Å². The Morgan fingerprint density at radius 3 is 2.44 bits per heavy atom. The van der Waals surface area contributed by atoms with Crippen LogP contribution in [0, 0.1) is 0 Å². The Kier molecular flexibility index (Phi) is 2.76. The van der Waals surface area contributed by atoms with Gasteiger partial charge in [0, 0.05) is 25.3 Å². The maximum Gasteiger partial charge on any atom is 0.129 e. The van der Waals surface area contributed by atoms with Gasteiger partial charge < -0.3 is 10.6 Å². The molecule has 0 amide bonds. The molecule has 0 aliphatic carbocycles. The molecule has 3 nitrogen and oxygen atoms in total. The van der Waals surface area contributed by atoms with E-state index in [1.807, 2.05) is 19.2 Å². The molecule has 2 heterocycles. The van der Waals surface area contributed by atoms with E-state index < -0.39 is 0 Å². The normalized spacial score (nSPS) is 15.6. The number of anilines is 1. The molecular formula is C15H17N3. The van der Waals surface area contributed by atoms with E-state index in [1.54, 1.807) is 0 Å². The van der Waals surface area contributed by atoms with Crippen LogP contribution in [0.2, 0.25) is 0 Å². The minimum absolute atomic E-state index is 0.0525. The molecule has 1 aromatic carbocycles. The van der Waals surface area contributed by atoms with Crippen LogP contribution in [0.4, 0.5) is 5.82 Å². The molecule has 0 radical (unpaired) electrons. The first-order valence-corrected chi connectivity index (χ1v) is 6.27. The number of rotatable bonds is 2. The standard InChI is InChI=1S/C15H17N3/c1-11(16)12-6-7-17-15(8-12)18-9-13-4-2-3-5-14(13)10-18/h2-8,11H,9-10,16H2,1H3. The van der Waals surface area contributed by atoms with Crippen molar-refractivity contribution in [1.29, 1.82) is 0 Å². The molecule has 2 aromatic rings. The van der Waals surface area contributed by atoms with Gasteiger partial charge in [-0.2, -0.15) is 0 Å². The van der Waals surface area contributed by atoms with Crippen LogP contribution in [0.3, 0.4) is 0 Å². The highest BCUT2D eigenvalue weighted by atomic mass is 15.2. The Hall–Kier alpha value is -1.87. The second-order valence-corrected chi connectivity index (χ2v) is 4.86. The Labute approximate surface area is 107 Å². The number of nitrogens with zero attached hydrogens (tertiary/aromatic N) is 2. The summed E-state index contributed by atoms with van der Waals surface area (Å²) in [7, 11) is 0. The number of hydrogen-bond donors (Lipinski definition) is 1. The summed E-state index contributed by atoms with van der Waals surface area (Å²) in [6.45, 7) is 3.87. The lowest BCUT2D eigenvalue weighted by Gasteiger charge is -2.18. The van der Waals surface area contributed by atoms with E-state index in [0.717, 1.165) is 24.5 Å². The van der Waals surface area contributed by atoms with Crippen LogP contribution in [-0.2, 0) is 13.1 Å². The Balaban J connectivity index is 1.88. The molecule has 1 unspecified atom stereocenters. The Morgan fingerprint density at radius 2 is 1.83 bits per heavy atom. The second kappa shape index (κ2) is 4.42. The Morgan fingerprint density at radius 1 is 1.17 bits per heavy atom. The number of fused-ring (bicyclic) bond motifs is 1. The molecule has 0 fully saturated rings. The van der Waals surface area contributed by atoms with E-state index in [9.17, 15) is 0 Å². The van der Waals surface area contributed by atoms with Gasteiger partial charge in [0.1, 0.15) is 5.82 Å². The smallest absolute Gasteiger partial charge is 0.129 e. The monoisotopic (exact) mass is 239 g/mol. The molecular weight excluding hydrogens is 222 g/mol. The van der Waals surface area contributed by atoms with Crippen molar-refractivity contribution in [1.82, 2.24) is 4.98 Å². The largest absolute Gasteiger partial charge is 0.348 e. The topological polar surface area (TPSA) is 42.1 Å². The lowest BCUT2D eigenvalue weighted by atomic mass is 10.1. The fourth-order valence-corrected chi connectivity index (χ4v) is 2.39. The van der Waals surface area contributed by atoms with Gasteiger partial charge in [-0.1, -0.05) is 24.3 Å². The second-order valence-electron chi connectivity index (χ2n) is 4.86. The molecule has 18 heavy (non-hydrogen) atoms. The van der Waals surface area contributed by atoms with Gasteiger partial charge in [0.05, 0.1) is 0 Å². The molecule has 0 bridgehead atoms. The fraction of sp³-hybridized carbons (Fsp3) is 0.267. The first-order valence-electron chi connectivity index (χ1n) is 6.27. The van der Waals surface area contributed by atoms with Gasteiger partial charge in [-0.25, -0.2) is 4.98 Å². The summed E-state index contributed by atoms with van der Waals surface area (Å²) < 4.78 is 0. The number of hydrogen-bond acceptors (Lipinski definition) is 3. The average Bonchev–Trinajstić information content (AvgIpc) is 2.82. The molecule has 0 saturated heterocycles. The predicted molar refractivity (Wildman–Crippen MR) is 73.2 cm³/mol. The van der Waals surface area contributed by atoms with Crippen LogP contribution in [-0.4, -0.2) is 4.98 Å². The van der Waals surface area contributed by atoms with Gasteiger partial charge in [-0.15, -0.1) is 0 Å². The zero-order valence-corrected chi connectivity index (χ0v) is 10.5. The third-order valence-corrected chi connectivity index (χ3v) is 3.46. The van der Waals surface area contributed by atoms with Crippen molar-refractivity contribution in [2.24, 2.45) is 5.73 Å². The van der Waals surface area contributed by atoms with E-state index in [0.29, 0.717) is 0 Å². The van der Waals surface area contributed by atoms with Gasteiger partial charge in [0.2, 0.25) is 0 Å². The van der Waals surface area contributed by atoms with Crippen LogP contribution >= 0.6 is 0 Å². The number of aromatic nitrogens is 1. The highest BCUT2D eigenvalue weighted by Crippen LogP contribution is 2.27. The summed E-state index contributed by atoms with van der Waals surface area (Å²) in [6.07, 6.45) is 1.84. The zero-order chi connectivity index (χ0) is 12.5. The van der Waals surface area contributed by atoms with Crippen molar-refractivity contribution >= 4 is 5.82 Å². The molecule has 92 valence electrons. The van der Waals surface area contributed by atoms with Gasteiger partial charge in [0.25, 0.3) is 0 Å². The van der Waals surface area contributed by atoms with Crippen molar-refractivity contribution < 1.29 is 0 Å². The first kappa shape index (κ1) is 11.2. The lowest BCUT2D eigenvalue weighted by molar-refractivity contribution is 0.803. The first-order chi connectivity index (χ1) is 8.74. The van der Waals surface area contributed by atoms with E-state index in [-0.39, 0.29) is 6.04 Å². The number of pyridine rings is 1. The average molecular weight is 239 g/mol. The molecule has 1 atom stereocenters. The van der Waals surface area contributed by atoms with Crippen LogP contribution in [0.25, 0.3) is 0 Å². The maximum atomic E-state index is 5.92. The molecule has 3 heteroatoms. The van der Waals surface area contributed by atoms with Gasteiger partial charge >= 0.3 is 0 Å². The summed E-state index contributed by atoms with van der Waals surface area (Å²) >= 11 is 0. The summed E-state index contributed by atoms with van der Waals surface area (Å²) in [5.74, 6) is 1.01. The van der Waals surface area contributed by atoms with Crippen molar-refractivity contribution in [2.45, 2.75) is 26.1 Å². The third-order valence-electron chi connectivity index (χ3n) is 3.46. The van der Waals surface area contributed by atoms with E-state index in [2.05, 4.69) is 40.2 Å². The van der Waals surface area contributed by atoms with Crippen molar-refractivity contribution in [3.63, 3.8) is 0 Å². The van der Waals surface area contributed by atoms with Crippen LogP contribution in [0.15, 0.2) is 42.6 Å². The molecule has 1 aliphatic rings. The highest BCUT2D eigenvalue weighted by molar-refractivity contribution is 5.48. The molecule has 0 spiro atoms. The summed E-state index contributed by atoms with van der Waals surface area (Å²) in [4.78, 5) is 6.75. The fourth-order valence-electron chi connectivity index (χ4n) is 2.39. The zero-order valence-electron chi connectivity index (χ0n) is 10.5. The molecule has 2 N–H and O–H groups in total. The SMILES string of the molecule is CC(N)c1ccnc(N2Cc3ccccc3C2)c1. The summed E-state index contributed by atoms with van der Waals surface area (Å²) in [5, 5.41) is 0. The van der Waals surface area contributed by atoms with Crippen molar-refractivity contribution in [3.05, 3.63) is 59.3 Å². The maximum absolute atomic E-state index is 5.92. The van der Waals surface area contributed by atoms with Crippen molar-refractivity contribution in [3.8, 4) is 0 Å². The van der Waals surface area contributed by atoms with Gasteiger partial charge in [-0.05, 0) is 35.7 Å². The van der Waals surface area contributed by atoms with Crippen LogP contribution in [0.1, 0.15) is 29.7 Å². The minimum atomic E-state index is 0.0525. The third kappa shape index (κ3) is 1.97. The quantitative estimate of drug-likeness (QED) is 0.876. The van der Waals surface area contributed by atoms with E-state index in [1.165, 1.54) is 11.1 Å². The number of benzene rings is 1.